The number of rotatable bonds is 7. The fraction of sp³-hybridized carbons (Fsp3) is 0.579. The van der Waals surface area contributed by atoms with Gasteiger partial charge in [-0.2, -0.15) is 0 Å². The molecule has 0 saturated carbocycles. The van der Waals surface area contributed by atoms with Gasteiger partial charge in [-0.05, 0) is 38.3 Å². The molecular weight excluding hydrogens is 459 g/mol. The number of ether oxygens (including phenoxy) is 2. The van der Waals surface area contributed by atoms with Crippen molar-refractivity contribution >= 4 is 35.8 Å². The Hall–Kier alpha value is -1.71. The molecule has 152 valence electrons. The number of methoxy groups -OCH3 is 1. The van der Waals surface area contributed by atoms with Gasteiger partial charge in [0.1, 0.15) is 6.10 Å². The number of hydrogen-bond acceptors (Lipinski definition) is 4. The quantitative estimate of drug-likeness (QED) is 0.349. The molecule has 8 heteroatoms. The van der Waals surface area contributed by atoms with Gasteiger partial charge in [0.2, 0.25) is 5.91 Å². The lowest BCUT2D eigenvalue weighted by molar-refractivity contribution is -0.130. The van der Waals surface area contributed by atoms with Crippen LogP contribution in [0.15, 0.2) is 29.3 Å². The number of guanidine groups is 1. The molecule has 1 unspecified atom stereocenters. The van der Waals surface area contributed by atoms with Crippen molar-refractivity contribution in [3.63, 3.8) is 0 Å². The van der Waals surface area contributed by atoms with Gasteiger partial charge in [0, 0.05) is 20.1 Å². The maximum atomic E-state index is 12.2. The third kappa shape index (κ3) is 7.82. The summed E-state index contributed by atoms with van der Waals surface area (Å²) >= 11 is 0. The Balaban J connectivity index is 0.00000364. The maximum absolute atomic E-state index is 12.2. The van der Waals surface area contributed by atoms with Crippen LogP contribution >= 0.6 is 24.0 Å². The summed E-state index contributed by atoms with van der Waals surface area (Å²) < 4.78 is 11.2. The molecule has 2 rings (SSSR count). The summed E-state index contributed by atoms with van der Waals surface area (Å²) in [6, 6.07) is 7.55. The lowest BCUT2D eigenvalue weighted by atomic mass is 10.1. The van der Waals surface area contributed by atoms with Crippen molar-refractivity contribution in [3.8, 4) is 11.5 Å². The molecule has 0 spiro atoms. The first-order valence-corrected chi connectivity index (χ1v) is 9.16. The molecule has 7 nitrogen and oxygen atoms in total. The smallest absolute Gasteiger partial charge is 0.241 e. The number of carbonyl (C=O) groups is 1. The number of benzene rings is 1. The van der Waals surface area contributed by atoms with Gasteiger partial charge in [0.05, 0.1) is 20.2 Å². The van der Waals surface area contributed by atoms with E-state index in [0.29, 0.717) is 24.0 Å². The zero-order valence-corrected chi connectivity index (χ0v) is 18.7. The van der Waals surface area contributed by atoms with Gasteiger partial charge in [0.25, 0.3) is 0 Å². The Morgan fingerprint density at radius 3 is 2.48 bits per heavy atom. The van der Waals surface area contributed by atoms with Crippen LogP contribution in [0, 0.1) is 0 Å². The highest BCUT2D eigenvalue weighted by molar-refractivity contribution is 14.0. The predicted octanol–water partition coefficient (Wildman–Crippen LogP) is 2.26. The summed E-state index contributed by atoms with van der Waals surface area (Å²) in [4.78, 5) is 18.3. The van der Waals surface area contributed by atoms with E-state index in [4.69, 9.17) is 9.47 Å². The van der Waals surface area contributed by atoms with Gasteiger partial charge in [-0.15, -0.1) is 24.0 Å². The number of carbonyl (C=O) groups excluding carboxylic acids is 1. The van der Waals surface area contributed by atoms with E-state index in [9.17, 15) is 4.79 Å². The van der Waals surface area contributed by atoms with Gasteiger partial charge < -0.3 is 25.0 Å². The normalized spacial score (nSPS) is 15.4. The Morgan fingerprint density at radius 2 is 1.85 bits per heavy atom. The van der Waals surface area contributed by atoms with Crippen LogP contribution in [0.2, 0.25) is 0 Å². The molecule has 0 bridgehead atoms. The lowest BCUT2D eigenvalue weighted by Gasteiger charge is -2.27. The van der Waals surface area contributed by atoms with Crippen molar-refractivity contribution in [1.29, 1.82) is 0 Å². The van der Waals surface area contributed by atoms with Crippen LogP contribution in [0.25, 0.3) is 0 Å². The van der Waals surface area contributed by atoms with E-state index in [1.165, 1.54) is 6.42 Å². The number of hydrogen-bond donors (Lipinski definition) is 2. The van der Waals surface area contributed by atoms with Crippen molar-refractivity contribution in [2.45, 2.75) is 32.3 Å². The summed E-state index contributed by atoms with van der Waals surface area (Å²) in [7, 11) is 3.31. The number of para-hydroxylation sites is 2. The Labute approximate surface area is 178 Å². The molecule has 1 aromatic carbocycles. The molecule has 1 heterocycles. The lowest BCUT2D eigenvalue weighted by Crippen LogP contribution is -2.47. The van der Waals surface area contributed by atoms with Crippen molar-refractivity contribution < 1.29 is 14.3 Å². The van der Waals surface area contributed by atoms with E-state index >= 15 is 0 Å². The molecule has 1 saturated heterocycles. The van der Waals surface area contributed by atoms with Crippen molar-refractivity contribution in [2.75, 3.05) is 40.3 Å². The van der Waals surface area contributed by atoms with Crippen LogP contribution < -0.4 is 20.1 Å². The summed E-state index contributed by atoms with van der Waals surface area (Å²) in [6.45, 7) is 4.48. The SMILES string of the molecule is CN=C(NCC(=O)N1CCCCC1)NCC(C)Oc1ccccc1OC.I. The highest BCUT2D eigenvalue weighted by Crippen LogP contribution is 2.26. The number of amides is 1. The number of nitrogens with zero attached hydrogens (tertiary/aromatic N) is 2. The average molecular weight is 490 g/mol. The number of piperidine rings is 1. The van der Waals surface area contributed by atoms with Crippen molar-refractivity contribution in [1.82, 2.24) is 15.5 Å². The number of halogens is 1. The monoisotopic (exact) mass is 490 g/mol. The Kier molecular flexibility index (Phi) is 10.9. The minimum absolute atomic E-state index is 0. The van der Waals surface area contributed by atoms with Gasteiger partial charge in [0.15, 0.2) is 17.5 Å². The van der Waals surface area contributed by atoms with Crippen molar-refractivity contribution in [3.05, 3.63) is 24.3 Å². The van der Waals surface area contributed by atoms with Gasteiger partial charge in [-0.25, -0.2) is 0 Å². The average Bonchev–Trinajstić information content (AvgIpc) is 2.69. The Morgan fingerprint density at radius 1 is 1.19 bits per heavy atom. The molecule has 1 aromatic rings. The van der Waals surface area contributed by atoms with Crippen LogP contribution in [-0.4, -0.2) is 63.2 Å². The van der Waals surface area contributed by atoms with Crippen LogP contribution in [0.5, 0.6) is 11.5 Å². The van der Waals surface area contributed by atoms with E-state index in [1.54, 1.807) is 14.2 Å². The fourth-order valence-electron chi connectivity index (χ4n) is 2.85. The second kappa shape index (κ2) is 12.6. The van der Waals surface area contributed by atoms with E-state index < -0.39 is 0 Å². The standard InChI is InChI=1S/C19H30N4O3.HI/c1-15(26-17-10-6-5-9-16(17)25-3)13-21-19(20-2)22-14-18(24)23-11-7-4-8-12-23;/h5-6,9-10,15H,4,7-8,11-14H2,1-3H3,(H2,20,21,22);1H. The minimum atomic E-state index is -0.0948. The molecule has 0 aliphatic carbocycles. The summed E-state index contributed by atoms with van der Waals surface area (Å²) in [5.41, 5.74) is 0. The molecule has 1 fully saturated rings. The molecule has 1 atom stereocenters. The van der Waals surface area contributed by atoms with Gasteiger partial charge in [-0.3, -0.25) is 9.79 Å². The molecule has 1 aliphatic rings. The highest BCUT2D eigenvalue weighted by atomic mass is 127. The fourth-order valence-corrected chi connectivity index (χ4v) is 2.85. The van der Waals surface area contributed by atoms with Crippen LogP contribution in [0.4, 0.5) is 0 Å². The van der Waals surface area contributed by atoms with Gasteiger partial charge in [-0.1, -0.05) is 12.1 Å². The number of nitrogens with one attached hydrogen (secondary N) is 2. The topological polar surface area (TPSA) is 75.2 Å². The first kappa shape index (κ1) is 23.3. The van der Waals surface area contributed by atoms with E-state index in [1.807, 2.05) is 36.1 Å². The second-order valence-corrected chi connectivity index (χ2v) is 6.33. The molecule has 2 N–H and O–H groups in total. The van der Waals surface area contributed by atoms with E-state index in [2.05, 4.69) is 15.6 Å². The van der Waals surface area contributed by atoms with Crippen molar-refractivity contribution in [2.24, 2.45) is 4.99 Å². The first-order chi connectivity index (χ1) is 12.6. The molecule has 27 heavy (non-hydrogen) atoms. The third-order valence-electron chi connectivity index (χ3n) is 4.29. The second-order valence-electron chi connectivity index (χ2n) is 6.33. The molecule has 1 amide bonds. The largest absolute Gasteiger partial charge is 0.493 e. The van der Waals surface area contributed by atoms with Crippen LogP contribution in [0.3, 0.4) is 0 Å². The predicted molar refractivity (Wildman–Crippen MR) is 118 cm³/mol. The van der Waals surface area contributed by atoms with E-state index in [0.717, 1.165) is 25.9 Å². The van der Waals surface area contributed by atoms with Crippen LogP contribution in [-0.2, 0) is 4.79 Å². The first-order valence-electron chi connectivity index (χ1n) is 9.16. The molecule has 1 aliphatic heterocycles. The number of likely N-dealkylation sites (tertiary alicyclic amines) is 1. The zero-order valence-electron chi connectivity index (χ0n) is 16.4. The minimum Gasteiger partial charge on any atom is -0.493 e. The molecule has 0 aromatic heterocycles. The van der Waals surface area contributed by atoms with Crippen LogP contribution in [0.1, 0.15) is 26.2 Å². The Bertz CT molecular complexity index is 606. The van der Waals surface area contributed by atoms with E-state index in [-0.39, 0.29) is 42.5 Å². The number of aliphatic imine (C=N–C) groups is 1. The summed E-state index contributed by atoms with van der Waals surface area (Å²) in [6.07, 6.45) is 3.31. The summed E-state index contributed by atoms with van der Waals surface area (Å²) in [5, 5.41) is 6.26. The molecular formula is C19H31IN4O3. The molecule has 0 radical (unpaired) electrons. The van der Waals surface area contributed by atoms with Gasteiger partial charge >= 0.3 is 0 Å². The maximum Gasteiger partial charge on any atom is 0.241 e. The summed E-state index contributed by atoms with van der Waals surface area (Å²) in [5.74, 6) is 2.11. The third-order valence-corrected chi connectivity index (χ3v) is 4.29. The highest BCUT2D eigenvalue weighted by Gasteiger charge is 2.16. The zero-order chi connectivity index (χ0) is 18.8.